The molecule has 4 heterocycles. The molecule has 4 aromatic rings. The van der Waals surface area contributed by atoms with Crippen LogP contribution in [0.2, 0.25) is 0 Å². The average Bonchev–Trinajstić information content (AvgIpc) is 3.78. The van der Waals surface area contributed by atoms with E-state index in [9.17, 15) is 23.9 Å². The van der Waals surface area contributed by atoms with E-state index >= 15 is 0 Å². The number of nitrogens with zero attached hydrogens (tertiary/aromatic N) is 7. The smallest absolute Gasteiger partial charge is 0.307 e. The molecule has 0 radical (unpaired) electrons. The van der Waals surface area contributed by atoms with Gasteiger partial charge in [-0.3, -0.25) is 14.7 Å². The number of aliphatic carboxylic acids is 1. The van der Waals surface area contributed by atoms with Crippen LogP contribution in [0.15, 0.2) is 65.9 Å². The molecule has 13 heteroatoms. The SMILES string of the molecule is CC/C=C/N=C(OC(CC#N)OC)c1cccc(-c2cccc3c2CCN3c2nc(C(F)F)nc3cc(CN4CC[C@@H](C(=O)O)C4)cnc23)c1C. The molecule has 11 nitrogen and oxygen atoms in total. The number of anilines is 2. The van der Waals surface area contributed by atoms with E-state index < -0.39 is 30.4 Å². The van der Waals surface area contributed by atoms with Gasteiger partial charge in [-0.15, -0.1) is 0 Å². The van der Waals surface area contributed by atoms with Gasteiger partial charge in [0.1, 0.15) is 5.52 Å². The number of hydrogen-bond acceptors (Lipinski definition) is 10. The van der Waals surface area contributed by atoms with Crippen LogP contribution in [0.4, 0.5) is 20.3 Å². The number of carboxylic acids is 1. The predicted octanol–water partition coefficient (Wildman–Crippen LogP) is 7.11. The molecule has 0 amide bonds. The van der Waals surface area contributed by atoms with Gasteiger partial charge in [-0.25, -0.2) is 23.7 Å². The van der Waals surface area contributed by atoms with Crippen LogP contribution in [0, 0.1) is 24.2 Å². The molecule has 1 fully saturated rings. The lowest BCUT2D eigenvalue weighted by molar-refractivity contribution is -0.141. The molecule has 1 N–H and O–H groups in total. The molecule has 2 aromatic carbocycles. The molecule has 2 aliphatic rings. The maximum Gasteiger partial charge on any atom is 0.307 e. The second kappa shape index (κ2) is 15.7. The monoisotopic (exact) mass is 695 g/mol. The molecule has 264 valence electrons. The Bertz CT molecular complexity index is 2030. The maximum absolute atomic E-state index is 14.2. The van der Waals surface area contributed by atoms with Crippen molar-refractivity contribution < 1.29 is 28.2 Å². The van der Waals surface area contributed by atoms with E-state index in [-0.39, 0.29) is 6.42 Å². The summed E-state index contributed by atoms with van der Waals surface area (Å²) in [5, 5.41) is 18.6. The zero-order valence-corrected chi connectivity index (χ0v) is 28.7. The van der Waals surface area contributed by atoms with Gasteiger partial charge in [-0.2, -0.15) is 5.26 Å². The van der Waals surface area contributed by atoms with Crippen LogP contribution >= 0.6 is 0 Å². The standard InChI is InChI=1S/C38H39F2N7O4/c1-4-5-16-42-37(51-32(50-3)12-15-41)27-9-6-8-26(23(27)2)28-10-7-11-31-29(28)14-18-47(31)36-33-30(44-35(45-36)34(39)40)19-24(20-43-33)21-46-17-13-25(22-46)38(48)49/h5-11,16,19-20,25,32,34H,4,12-14,17-18,21-22H2,1-3H3,(H,48,49)/b16-5+,42-37?/t25-,32?/m1/s1. The van der Waals surface area contributed by atoms with Crippen molar-refractivity contribution in [2.75, 3.05) is 31.6 Å². The van der Waals surface area contributed by atoms with E-state index in [4.69, 9.17) is 9.47 Å². The quantitative estimate of drug-likeness (QED) is 0.0927. The first-order chi connectivity index (χ1) is 24.7. The van der Waals surface area contributed by atoms with Crippen molar-refractivity contribution in [3.63, 3.8) is 0 Å². The topological polar surface area (TPSA) is 137 Å². The highest BCUT2D eigenvalue weighted by Crippen LogP contribution is 2.42. The van der Waals surface area contributed by atoms with E-state index in [1.807, 2.05) is 66.1 Å². The lowest BCUT2D eigenvalue weighted by Gasteiger charge is -2.22. The third kappa shape index (κ3) is 7.57. The number of methoxy groups -OCH3 is 1. The summed E-state index contributed by atoms with van der Waals surface area (Å²) in [6.07, 6.45) is 3.60. The van der Waals surface area contributed by atoms with Crippen LogP contribution in [0.5, 0.6) is 0 Å². The molecular formula is C38H39F2N7O4. The molecule has 1 unspecified atom stereocenters. The van der Waals surface area contributed by atoms with Crippen LogP contribution in [0.3, 0.4) is 0 Å². The van der Waals surface area contributed by atoms with Crippen LogP contribution in [-0.4, -0.2) is 69.9 Å². The van der Waals surface area contributed by atoms with Gasteiger partial charge in [0.15, 0.2) is 11.6 Å². The van der Waals surface area contributed by atoms with Gasteiger partial charge in [0.2, 0.25) is 12.2 Å². The third-order valence-electron chi connectivity index (χ3n) is 9.25. The lowest BCUT2D eigenvalue weighted by Crippen LogP contribution is -2.23. The number of aliphatic imine (C=N–C) groups is 1. The van der Waals surface area contributed by atoms with Crippen molar-refractivity contribution >= 4 is 34.4 Å². The number of alkyl halides is 2. The summed E-state index contributed by atoms with van der Waals surface area (Å²) in [5.41, 5.74) is 6.94. The summed E-state index contributed by atoms with van der Waals surface area (Å²) in [5.74, 6) is -1.17. The van der Waals surface area contributed by atoms with E-state index in [0.717, 1.165) is 45.5 Å². The third-order valence-corrected chi connectivity index (χ3v) is 9.25. The van der Waals surface area contributed by atoms with Crippen molar-refractivity contribution in [3.05, 3.63) is 89.0 Å². The Morgan fingerprint density at radius 3 is 2.73 bits per heavy atom. The first-order valence-corrected chi connectivity index (χ1v) is 16.9. The molecule has 0 saturated carbocycles. The van der Waals surface area contributed by atoms with Gasteiger partial charge in [0.05, 0.1) is 23.9 Å². The number of fused-ring (bicyclic) bond motifs is 2. The van der Waals surface area contributed by atoms with Crippen molar-refractivity contribution in [3.8, 4) is 17.2 Å². The van der Waals surface area contributed by atoms with E-state index in [0.29, 0.717) is 61.8 Å². The number of allylic oxidation sites excluding steroid dienone is 1. The fourth-order valence-electron chi connectivity index (χ4n) is 6.70. The Kier molecular flexibility index (Phi) is 10.9. The number of benzene rings is 2. The number of carboxylic acid groups (broad SMARTS) is 1. The molecule has 0 spiro atoms. The highest BCUT2D eigenvalue weighted by atomic mass is 19.3. The number of pyridine rings is 1. The molecule has 51 heavy (non-hydrogen) atoms. The zero-order chi connectivity index (χ0) is 36.1. The zero-order valence-electron chi connectivity index (χ0n) is 28.7. The minimum atomic E-state index is -2.89. The molecule has 0 bridgehead atoms. The highest BCUT2D eigenvalue weighted by Gasteiger charge is 2.30. The molecule has 0 aliphatic carbocycles. The second-order valence-electron chi connectivity index (χ2n) is 12.5. The van der Waals surface area contributed by atoms with Gasteiger partial charge in [0, 0.05) is 50.4 Å². The summed E-state index contributed by atoms with van der Waals surface area (Å²) in [6, 6.07) is 15.6. The number of nitriles is 1. The van der Waals surface area contributed by atoms with Crippen LogP contribution < -0.4 is 4.90 Å². The average molecular weight is 696 g/mol. The van der Waals surface area contributed by atoms with Crippen molar-refractivity contribution in [2.45, 2.75) is 58.8 Å². The van der Waals surface area contributed by atoms with E-state index in [1.165, 1.54) is 7.11 Å². The number of carbonyl (C=O) groups is 1. The fourth-order valence-corrected chi connectivity index (χ4v) is 6.70. The van der Waals surface area contributed by atoms with Crippen LogP contribution in [0.25, 0.3) is 22.2 Å². The van der Waals surface area contributed by atoms with Crippen molar-refractivity contribution in [1.29, 1.82) is 5.26 Å². The second-order valence-corrected chi connectivity index (χ2v) is 12.5. The minimum Gasteiger partial charge on any atom is -0.481 e. The summed E-state index contributed by atoms with van der Waals surface area (Å²) in [6.45, 7) is 5.99. The largest absolute Gasteiger partial charge is 0.481 e. The van der Waals surface area contributed by atoms with Gasteiger partial charge >= 0.3 is 5.97 Å². The molecule has 6 rings (SSSR count). The summed E-state index contributed by atoms with van der Waals surface area (Å²) in [4.78, 5) is 33.2. The van der Waals surface area contributed by atoms with Crippen LogP contribution in [0.1, 0.15) is 60.7 Å². The highest BCUT2D eigenvalue weighted by molar-refractivity contribution is 5.98. The Labute approximate surface area is 294 Å². The number of aromatic nitrogens is 3. The number of likely N-dealkylation sites (tertiary alicyclic amines) is 1. The van der Waals surface area contributed by atoms with E-state index in [2.05, 4.69) is 26.0 Å². The molecular weight excluding hydrogens is 656 g/mol. The number of hydrogen-bond donors (Lipinski definition) is 1. The fraction of sp³-hybridized carbons (Fsp3) is 0.368. The Hall–Kier alpha value is -5.32. The molecule has 1 saturated heterocycles. The lowest BCUT2D eigenvalue weighted by atomic mass is 9.92. The van der Waals surface area contributed by atoms with Crippen molar-refractivity contribution in [2.24, 2.45) is 10.9 Å². The summed E-state index contributed by atoms with van der Waals surface area (Å²) in [7, 11) is 1.48. The van der Waals surface area contributed by atoms with Gasteiger partial charge in [-0.05, 0) is 78.7 Å². The summed E-state index contributed by atoms with van der Waals surface area (Å²) < 4.78 is 39.9. The first-order valence-electron chi connectivity index (χ1n) is 16.9. The van der Waals surface area contributed by atoms with Crippen LogP contribution in [-0.2, 0) is 27.2 Å². The first kappa shape index (κ1) is 35.5. The predicted molar refractivity (Wildman–Crippen MR) is 189 cm³/mol. The van der Waals surface area contributed by atoms with Gasteiger partial charge < -0.3 is 19.5 Å². The Balaban J connectivity index is 1.37. The van der Waals surface area contributed by atoms with Crippen molar-refractivity contribution in [1.82, 2.24) is 19.9 Å². The molecule has 2 aliphatic heterocycles. The number of ether oxygens (including phenoxy) is 2. The number of rotatable bonds is 12. The maximum atomic E-state index is 14.2. The molecule has 2 aromatic heterocycles. The number of halogens is 2. The normalized spacial score (nSPS) is 17.0. The minimum absolute atomic E-state index is 0.0284. The summed E-state index contributed by atoms with van der Waals surface area (Å²) >= 11 is 0. The Morgan fingerprint density at radius 2 is 2.00 bits per heavy atom. The van der Waals surface area contributed by atoms with E-state index in [1.54, 1.807) is 18.5 Å². The Morgan fingerprint density at radius 1 is 1.20 bits per heavy atom. The van der Waals surface area contributed by atoms with Gasteiger partial charge in [0.25, 0.3) is 6.43 Å². The van der Waals surface area contributed by atoms with Gasteiger partial charge in [-0.1, -0.05) is 37.3 Å². The molecule has 2 atom stereocenters.